The first kappa shape index (κ1) is 15.1. The highest BCUT2D eigenvalue weighted by Crippen LogP contribution is 2.27. The van der Waals surface area contributed by atoms with Crippen molar-refractivity contribution >= 4 is 17.9 Å². The lowest BCUT2D eigenvalue weighted by Gasteiger charge is -2.16. The average molecular weight is 314 g/mol. The van der Waals surface area contributed by atoms with Crippen molar-refractivity contribution in [1.82, 2.24) is 19.9 Å². The molecule has 2 aromatic rings. The Balaban J connectivity index is 1.89. The molecule has 1 saturated carbocycles. The molecule has 0 N–H and O–H groups in total. The molecule has 0 unspecified atom stereocenters. The molecule has 1 aliphatic carbocycles. The van der Waals surface area contributed by atoms with Crippen LogP contribution in [0.25, 0.3) is 12.2 Å². The maximum Gasteiger partial charge on any atom is 0.216 e. The van der Waals surface area contributed by atoms with Gasteiger partial charge in [-0.1, -0.05) is 0 Å². The highest BCUT2D eigenvalue weighted by molar-refractivity contribution is 6.13. The molecule has 0 aromatic carbocycles. The van der Waals surface area contributed by atoms with Crippen molar-refractivity contribution in [3.05, 3.63) is 59.2 Å². The molecule has 1 fully saturated rings. The van der Waals surface area contributed by atoms with Gasteiger partial charge in [0.1, 0.15) is 6.33 Å². The molecule has 0 bridgehead atoms. The number of carbonyl (C=O) groups excluding carboxylic acids is 1. The number of halogens is 2. The third-order valence-corrected chi connectivity index (χ3v) is 3.40. The van der Waals surface area contributed by atoms with Crippen LogP contribution in [0.2, 0.25) is 0 Å². The number of hydrogen-bond acceptors (Lipinski definition) is 5. The summed E-state index contributed by atoms with van der Waals surface area (Å²) in [5.41, 5.74) is 1.36. The van der Waals surface area contributed by atoms with Gasteiger partial charge in [-0.2, -0.15) is 8.78 Å². The number of hydrogen-bond donors (Lipinski definition) is 0. The van der Waals surface area contributed by atoms with E-state index < -0.39 is 11.9 Å². The molecule has 0 radical (unpaired) electrons. The predicted molar refractivity (Wildman–Crippen MR) is 78.8 cm³/mol. The Morgan fingerprint density at radius 1 is 1.00 bits per heavy atom. The normalized spacial score (nSPS) is 18.6. The summed E-state index contributed by atoms with van der Waals surface area (Å²) in [5, 5.41) is 0. The van der Waals surface area contributed by atoms with Gasteiger partial charge in [0.2, 0.25) is 11.9 Å². The zero-order chi connectivity index (χ0) is 16.2. The minimum Gasteiger partial charge on any atom is -0.289 e. The molecule has 0 spiro atoms. The highest BCUT2D eigenvalue weighted by atomic mass is 19.1. The van der Waals surface area contributed by atoms with E-state index in [0.717, 1.165) is 24.9 Å². The van der Waals surface area contributed by atoms with E-state index in [-0.39, 0.29) is 11.6 Å². The minimum atomic E-state index is -0.654. The summed E-state index contributed by atoms with van der Waals surface area (Å²) in [6, 6.07) is 2.30. The van der Waals surface area contributed by atoms with Crippen LogP contribution in [0.3, 0.4) is 0 Å². The molecule has 0 atom stereocenters. The summed E-state index contributed by atoms with van der Waals surface area (Å²) in [6.07, 6.45) is 7.33. The Morgan fingerprint density at radius 2 is 1.78 bits per heavy atom. The lowest BCUT2D eigenvalue weighted by atomic mass is 9.88. The van der Waals surface area contributed by atoms with Crippen molar-refractivity contribution in [3.63, 3.8) is 0 Å². The molecule has 116 valence electrons. The molecule has 1 aliphatic rings. The molecule has 0 aliphatic heterocycles. The number of allylic oxidation sites excluding steroid dienone is 2. The summed E-state index contributed by atoms with van der Waals surface area (Å²) < 4.78 is 26.2. The van der Waals surface area contributed by atoms with Crippen molar-refractivity contribution in [2.45, 2.75) is 19.3 Å². The van der Waals surface area contributed by atoms with Crippen LogP contribution in [0.4, 0.5) is 8.78 Å². The summed E-state index contributed by atoms with van der Waals surface area (Å²) in [7, 11) is 0. The SMILES string of the molecule is O=C1/C(=C\c2cc(F)ncn2)CCC/C1=C/c1nccc(F)n1. The number of aromatic nitrogens is 4. The standard InChI is InChI=1S/C16H12F2N4O/c17-13-4-5-19-15(22-13)7-11-3-1-2-10(16(11)23)6-12-8-14(18)21-9-20-12/h4-9H,1-3H2/b10-6-,11-7-. The summed E-state index contributed by atoms with van der Waals surface area (Å²) in [4.78, 5) is 27.3. The second-order valence-corrected chi connectivity index (χ2v) is 5.02. The molecule has 3 rings (SSSR count). The van der Waals surface area contributed by atoms with Crippen LogP contribution in [0.5, 0.6) is 0 Å². The van der Waals surface area contributed by atoms with Crippen LogP contribution in [0.15, 0.2) is 35.8 Å². The van der Waals surface area contributed by atoms with Crippen molar-refractivity contribution in [1.29, 1.82) is 0 Å². The molecular weight excluding hydrogens is 302 g/mol. The van der Waals surface area contributed by atoms with Gasteiger partial charge in [-0.15, -0.1) is 0 Å². The van der Waals surface area contributed by atoms with Crippen molar-refractivity contribution in [2.24, 2.45) is 0 Å². The first-order chi connectivity index (χ1) is 11.1. The zero-order valence-corrected chi connectivity index (χ0v) is 12.0. The Kier molecular flexibility index (Phi) is 4.27. The van der Waals surface area contributed by atoms with Crippen LogP contribution >= 0.6 is 0 Å². The summed E-state index contributed by atoms with van der Waals surface area (Å²) in [5.74, 6) is -1.33. The predicted octanol–water partition coefficient (Wildman–Crippen LogP) is 2.76. The molecular formula is C16H12F2N4O. The van der Waals surface area contributed by atoms with Gasteiger partial charge in [0.25, 0.3) is 0 Å². The lowest BCUT2D eigenvalue weighted by molar-refractivity contribution is -0.112. The van der Waals surface area contributed by atoms with Crippen LogP contribution in [-0.2, 0) is 4.79 Å². The first-order valence-corrected chi connectivity index (χ1v) is 7.04. The fourth-order valence-corrected chi connectivity index (χ4v) is 2.36. The average Bonchev–Trinajstić information content (AvgIpc) is 2.51. The molecule has 2 aromatic heterocycles. The van der Waals surface area contributed by atoms with Crippen LogP contribution in [0.1, 0.15) is 30.8 Å². The van der Waals surface area contributed by atoms with Crippen LogP contribution < -0.4 is 0 Å². The Bertz CT molecular complexity index is 752. The molecule has 5 nitrogen and oxygen atoms in total. The number of nitrogens with zero attached hydrogens (tertiary/aromatic N) is 4. The van der Waals surface area contributed by atoms with E-state index in [1.54, 1.807) is 6.08 Å². The van der Waals surface area contributed by atoms with E-state index in [1.807, 2.05) is 0 Å². The maximum atomic E-state index is 13.1. The molecule has 23 heavy (non-hydrogen) atoms. The van der Waals surface area contributed by atoms with Crippen molar-refractivity contribution in [3.8, 4) is 0 Å². The van der Waals surface area contributed by atoms with E-state index in [1.165, 1.54) is 12.3 Å². The second-order valence-electron chi connectivity index (χ2n) is 5.02. The Morgan fingerprint density at radius 3 is 2.52 bits per heavy atom. The summed E-state index contributed by atoms with van der Waals surface area (Å²) in [6.45, 7) is 0. The molecule has 7 heteroatoms. The van der Waals surface area contributed by atoms with Crippen LogP contribution in [-0.4, -0.2) is 25.7 Å². The highest BCUT2D eigenvalue weighted by Gasteiger charge is 2.21. The third kappa shape index (κ3) is 3.68. The maximum absolute atomic E-state index is 13.1. The van der Waals surface area contributed by atoms with Crippen LogP contribution in [0, 0.1) is 11.9 Å². The van der Waals surface area contributed by atoms with Crippen molar-refractivity contribution in [2.75, 3.05) is 0 Å². The van der Waals surface area contributed by atoms with Gasteiger partial charge in [-0.05, 0) is 31.4 Å². The Labute approximate surface area is 130 Å². The van der Waals surface area contributed by atoms with Gasteiger partial charge in [-0.3, -0.25) is 4.79 Å². The zero-order valence-electron chi connectivity index (χ0n) is 12.0. The lowest BCUT2D eigenvalue weighted by Crippen LogP contribution is -2.13. The topological polar surface area (TPSA) is 68.6 Å². The minimum absolute atomic E-state index is 0.155. The van der Waals surface area contributed by atoms with Gasteiger partial charge in [0.05, 0.1) is 5.69 Å². The quantitative estimate of drug-likeness (QED) is 0.630. The smallest absolute Gasteiger partial charge is 0.216 e. The number of ketones is 1. The first-order valence-electron chi connectivity index (χ1n) is 7.04. The van der Waals surface area contributed by atoms with Crippen molar-refractivity contribution < 1.29 is 13.6 Å². The number of carbonyl (C=O) groups is 1. The van der Waals surface area contributed by atoms with Gasteiger partial charge in [0, 0.05) is 29.5 Å². The van der Waals surface area contributed by atoms with Gasteiger partial charge in [0.15, 0.2) is 11.6 Å². The fraction of sp³-hybridized carbons (Fsp3) is 0.188. The molecule has 2 heterocycles. The van der Waals surface area contributed by atoms with E-state index in [0.29, 0.717) is 29.7 Å². The monoisotopic (exact) mass is 314 g/mol. The third-order valence-electron chi connectivity index (χ3n) is 3.40. The Hall–Kier alpha value is -2.83. The van der Waals surface area contributed by atoms with Gasteiger partial charge in [-0.25, -0.2) is 19.9 Å². The van der Waals surface area contributed by atoms with E-state index in [2.05, 4.69) is 19.9 Å². The number of rotatable bonds is 2. The number of Topliss-reactive ketones (excluding diaryl/α,β-unsaturated/α-hetero) is 1. The molecule has 0 amide bonds. The van der Waals surface area contributed by atoms with Gasteiger partial charge >= 0.3 is 0 Å². The molecule has 0 saturated heterocycles. The van der Waals surface area contributed by atoms with E-state index in [9.17, 15) is 13.6 Å². The largest absolute Gasteiger partial charge is 0.289 e. The fourth-order valence-electron chi connectivity index (χ4n) is 2.36. The van der Waals surface area contributed by atoms with Gasteiger partial charge < -0.3 is 0 Å². The van der Waals surface area contributed by atoms with E-state index >= 15 is 0 Å². The summed E-state index contributed by atoms with van der Waals surface area (Å²) >= 11 is 0. The van der Waals surface area contributed by atoms with E-state index in [4.69, 9.17) is 0 Å². The second kappa shape index (κ2) is 6.51.